The van der Waals surface area contributed by atoms with Crippen LogP contribution in [-0.2, 0) is 0 Å². The number of rotatable bonds is 7. The Hall–Kier alpha value is 0.270. The molecule has 0 aromatic heterocycles. The lowest BCUT2D eigenvalue weighted by molar-refractivity contribution is 0.333. The van der Waals surface area contributed by atoms with Crippen molar-refractivity contribution in [3.8, 4) is 0 Å². The minimum Gasteiger partial charge on any atom is -0.265 e. The molecule has 4 aliphatic carbocycles. The molecule has 0 N–H and O–H groups in total. The van der Waals surface area contributed by atoms with E-state index in [1.165, 1.54) is 128 Å². The average Bonchev–Trinajstić information content (AvgIpc) is 2.88. The van der Waals surface area contributed by atoms with E-state index in [1.807, 2.05) is 0 Å². The Bertz CT molecular complexity index is 549. The zero-order chi connectivity index (χ0) is 22.2. The fourth-order valence-electron chi connectivity index (χ4n) is 7.41. The lowest BCUT2D eigenvalue weighted by Crippen LogP contribution is -2.32. The fraction of sp³-hybridized carbons (Fsp3) is 0.897. The van der Waals surface area contributed by atoms with Crippen molar-refractivity contribution < 1.29 is 0 Å². The second-order valence-electron chi connectivity index (χ2n) is 11.7. The summed E-state index contributed by atoms with van der Waals surface area (Å²) < 4.78 is 0. The predicted molar refractivity (Wildman–Crippen MR) is 149 cm³/mol. The molecule has 4 fully saturated rings. The predicted octanol–water partition coefficient (Wildman–Crippen LogP) is 9.12. The molecule has 4 saturated carbocycles. The molecule has 0 aromatic rings. The molecule has 0 radical (unpaired) electrons. The van der Waals surface area contributed by atoms with Gasteiger partial charge >= 0.3 is 0 Å². The summed E-state index contributed by atoms with van der Waals surface area (Å²) in [5.74, 6) is 3.27. The Morgan fingerprint density at radius 3 is 1.44 bits per heavy atom. The van der Waals surface area contributed by atoms with Crippen LogP contribution in [0.4, 0.5) is 0 Å². The molecule has 0 spiro atoms. The van der Waals surface area contributed by atoms with E-state index in [0.29, 0.717) is 11.3 Å². The maximum absolute atomic E-state index is 5.53. The zero-order valence-electron chi connectivity index (χ0n) is 20.8. The van der Waals surface area contributed by atoms with Crippen LogP contribution < -0.4 is 0 Å². The summed E-state index contributed by atoms with van der Waals surface area (Å²) in [4.78, 5) is 5.53. The van der Waals surface area contributed by atoms with Crippen molar-refractivity contribution in [2.24, 2.45) is 28.7 Å². The topological polar surface area (TPSA) is 12.4 Å². The van der Waals surface area contributed by atoms with Gasteiger partial charge in [0.1, 0.15) is 0 Å². The van der Waals surface area contributed by atoms with Crippen LogP contribution in [0.2, 0.25) is 0 Å². The normalized spacial score (nSPS) is 28.6. The number of nitrogens with zero attached hydrogens (tertiary/aromatic N) is 1. The van der Waals surface area contributed by atoms with E-state index in [1.54, 1.807) is 11.3 Å². The molecule has 32 heavy (non-hydrogen) atoms. The highest BCUT2D eigenvalue weighted by molar-refractivity contribution is 7.19. The van der Waals surface area contributed by atoms with Gasteiger partial charge in [-0.1, -0.05) is 77.0 Å². The molecule has 0 bridgehead atoms. The molecule has 182 valence electrons. The third kappa shape index (κ3) is 6.91. The van der Waals surface area contributed by atoms with Gasteiger partial charge in [-0.05, 0) is 86.3 Å². The zero-order valence-corrected chi connectivity index (χ0v) is 23.1. The molecule has 0 saturated heterocycles. The molecule has 0 aliphatic heterocycles. The average molecular weight is 476 g/mol. The smallest absolute Gasteiger partial charge is 0.0281 e. The van der Waals surface area contributed by atoms with Gasteiger partial charge in [-0.2, -0.15) is 0 Å². The largest absolute Gasteiger partial charge is 0.265 e. The monoisotopic (exact) mass is 475 g/mol. The quantitative estimate of drug-likeness (QED) is 0.257. The van der Waals surface area contributed by atoms with Crippen LogP contribution in [0, 0.1) is 23.7 Å². The van der Waals surface area contributed by atoms with E-state index in [-0.39, 0.29) is 0 Å². The minimum atomic E-state index is 0.611. The molecular weight excluding hydrogens is 424 g/mol. The highest BCUT2D eigenvalue weighted by Crippen LogP contribution is 2.41. The van der Waals surface area contributed by atoms with Crippen LogP contribution in [0.3, 0.4) is 0 Å². The number of aliphatic imine (C=N–C) groups is 1. The maximum Gasteiger partial charge on any atom is 0.0281 e. The minimum absolute atomic E-state index is 0.611. The Labute approximate surface area is 204 Å². The summed E-state index contributed by atoms with van der Waals surface area (Å²) in [5, 5.41) is 0. The van der Waals surface area contributed by atoms with Crippen LogP contribution >= 0.6 is 18.5 Å². The highest BCUT2D eigenvalue weighted by atomic mass is 31.0. The third-order valence-corrected chi connectivity index (χ3v) is 11.3. The number of allylic oxidation sites excluding steroid dienone is 1. The summed E-state index contributed by atoms with van der Waals surface area (Å²) in [7, 11) is 6.62. The van der Waals surface area contributed by atoms with Gasteiger partial charge in [0.25, 0.3) is 0 Å². The second kappa shape index (κ2) is 13.4. The van der Waals surface area contributed by atoms with E-state index in [0.717, 1.165) is 23.7 Å². The first-order valence-corrected chi connectivity index (χ1v) is 15.9. The second-order valence-corrected chi connectivity index (χ2v) is 13.1. The first-order valence-electron chi connectivity index (χ1n) is 14.5. The van der Waals surface area contributed by atoms with E-state index < -0.39 is 0 Å². The van der Waals surface area contributed by atoms with Gasteiger partial charge in [0, 0.05) is 17.6 Å². The molecule has 4 aliphatic rings. The van der Waals surface area contributed by atoms with Crippen molar-refractivity contribution in [1.82, 2.24) is 0 Å². The van der Waals surface area contributed by atoms with Gasteiger partial charge in [-0.25, -0.2) is 0 Å². The summed E-state index contributed by atoms with van der Waals surface area (Å²) in [5.41, 5.74) is 4.57. The number of hydrogen-bond acceptors (Lipinski definition) is 1. The summed E-state index contributed by atoms with van der Waals surface area (Å²) in [6, 6.07) is 0. The molecule has 4 unspecified atom stereocenters. The van der Waals surface area contributed by atoms with Crippen molar-refractivity contribution >= 4 is 24.2 Å². The lowest BCUT2D eigenvalue weighted by atomic mass is 9.76. The highest BCUT2D eigenvalue weighted by Gasteiger charge is 2.31. The van der Waals surface area contributed by atoms with Crippen molar-refractivity contribution in [1.29, 1.82) is 0 Å². The first-order chi connectivity index (χ1) is 15.7. The van der Waals surface area contributed by atoms with Gasteiger partial charge in [-0.3, -0.25) is 4.99 Å². The van der Waals surface area contributed by atoms with Crippen LogP contribution in [0.25, 0.3) is 0 Å². The standard InChI is InChI=1S/C29H51NP2/c31-28(24-17-9-3-10-18-24)26(22-13-5-1-6-14-22)21-30-27(23-15-7-2-8-16-23)29(32)25-19-11-4-12-20-25/h21-25,28-29H,1-20,31-32H2/b26-21+,30-27+. The molecular formula is C29H51NP2. The Morgan fingerprint density at radius 1 is 0.531 bits per heavy atom. The summed E-state index contributed by atoms with van der Waals surface area (Å²) in [6.07, 6.45) is 31.0. The van der Waals surface area contributed by atoms with Gasteiger partial charge in [-0.15, -0.1) is 18.5 Å². The van der Waals surface area contributed by atoms with Crippen molar-refractivity contribution in [2.45, 2.75) is 140 Å². The SMILES string of the molecule is PC(/C(=C/N=C(\C1CCCCC1)C(P)C1CCCCC1)C1CCCCC1)C1CCCCC1. The van der Waals surface area contributed by atoms with Gasteiger partial charge in [0.2, 0.25) is 0 Å². The maximum atomic E-state index is 5.53. The summed E-state index contributed by atoms with van der Waals surface area (Å²) in [6.45, 7) is 0. The van der Waals surface area contributed by atoms with Crippen LogP contribution in [-0.4, -0.2) is 17.0 Å². The van der Waals surface area contributed by atoms with E-state index in [9.17, 15) is 0 Å². The van der Waals surface area contributed by atoms with E-state index in [4.69, 9.17) is 4.99 Å². The van der Waals surface area contributed by atoms with Crippen LogP contribution in [0.1, 0.15) is 128 Å². The molecule has 4 atom stereocenters. The lowest BCUT2D eigenvalue weighted by Gasteiger charge is -2.35. The van der Waals surface area contributed by atoms with E-state index >= 15 is 0 Å². The molecule has 0 aromatic carbocycles. The molecule has 4 rings (SSSR count). The molecule has 3 heteroatoms. The van der Waals surface area contributed by atoms with Gasteiger partial charge in [0.05, 0.1) is 0 Å². The summed E-state index contributed by atoms with van der Waals surface area (Å²) >= 11 is 0. The van der Waals surface area contributed by atoms with Gasteiger partial charge in [0.15, 0.2) is 0 Å². The van der Waals surface area contributed by atoms with Crippen LogP contribution in [0.15, 0.2) is 16.8 Å². The first kappa shape index (κ1) is 25.4. The Morgan fingerprint density at radius 2 is 0.938 bits per heavy atom. The fourth-order valence-corrected chi connectivity index (χ4v) is 8.90. The van der Waals surface area contributed by atoms with Crippen molar-refractivity contribution in [2.75, 3.05) is 0 Å². The Balaban J connectivity index is 1.60. The van der Waals surface area contributed by atoms with Gasteiger partial charge < -0.3 is 0 Å². The Kier molecular flexibility index (Phi) is 10.6. The molecule has 1 nitrogen and oxygen atoms in total. The van der Waals surface area contributed by atoms with E-state index in [2.05, 4.69) is 24.7 Å². The van der Waals surface area contributed by atoms with Crippen LogP contribution in [0.5, 0.6) is 0 Å². The van der Waals surface area contributed by atoms with Crippen molar-refractivity contribution in [3.05, 3.63) is 11.8 Å². The third-order valence-electron chi connectivity index (χ3n) is 9.50. The molecule has 0 heterocycles. The van der Waals surface area contributed by atoms with Crippen molar-refractivity contribution in [3.63, 3.8) is 0 Å². The molecule has 0 amide bonds. The number of hydrogen-bond donors (Lipinski definition) is 0.